The van der Waals surface area contributed by atoms with Crippen LogP contribution in [0.2, 0.25) is 0 Å². The molecule has 3 aromatic rings. The molecule has 0 spiro atoms. The second-order valence-corrected chi connectivity index (χ2v) is 6.61. The van der Waals surface area contributed by atoms with E-state index in [1.54, 1.807) is 18.4 Å². The molecule has 1 aliphatic carbocycles. The van der Waals surface area contributed by atoms with Crippen LogP contribution >= 0.6 is 11.3 Å². The normalized spacial score (nSPS) is 19.7. The number of aromatic nitrogens is 2. The van der Waals surface area contributed by atoms with Gasteiger partial charge in [0.25, 0.3) is 0 Å². The highest BCUT2D eigenvalue weighted by atomic mass is 32.1. The average Bonchev–Trinajstić information content (AvgIpc) is 3.10. The lowest BCUT2D eigenvalue weighted by molar-refractivity contribution is -0.122. The first-order valence-electron chi connectivity index (χ1n) is 7.58. The third-order valence-electron chi connectivity index (χ3n) is 4.25. The van der Waals surface area contributed by atoms with E-state index in [-0.39, 0.29) is 17.7 Å². The fourth-order valence-corrected chi connectivity index (χ4v) is 3.69. The first kappa shape index (κ1) is 14.3. The zero-order chi connectivity index (χ0) is 15.8. The fraction of sp³-hybridized carbons (Fsp3) is 0.294. The van der Waals surface area contributed by atoms with Crippen LogP contribution in [0.1, 0.15) is 23.6 Å². The number of thiazole rings is 1. The maximum absolute atomic E-state index is 12.3. The summed E-state index contributed by atoms with van der Waals surface area (Å²) in [6.07, 6.45) is 4.80. The molecule has 2 heterocycles. The van der Waals surface area contributed by atoms with Crippen LogP contribution in [0.3, 0.4) is 0 Å². The van der Waals surface area contributed by atoms with Gasteiger partial charge in [-0.15, -0.1) is 11.3 Å². The number of methoxy groups -OCH3 is 1. The molecule has 2 aromatic heterocycles. The molecule has 118 valence electrons. The molecule has 1 aromatic carbocycles. The van der Waals surface area contributed by atoms with Gasteiger partial charge in [0.05, 0.1) is 19.3 Å². The Hall–Kier alpha value is -2.34. The Balaban J connectivity index is 1.38. The molecule has 1 amide bonds. The number of ether oxygens (including phenoxy) is 1. The number of carbonyl (C=O) groups excluding carboxylic acids is 1. The number of rotatable bonds is 5. The summed E-state index contributed by atoms with van der Waals surface area (Å²) < 4.78 is 7.36. The van der Waals surface area contributed by atoms with Crippen molar-refractivity contribution in [3.63, 3.8) is 0 Å². The van der Waals surface area contributed by atoms with E-state index < -0.39 is 0 Å². The molecule has 1 fully saturated rings. The molecule has 0 bridgehead atoms. The monoisotopic (exact) mass is 327 g/mol. The van der Waals surface area contributed by atoms with Crippen molar-refractivity contribution >= 4 is 22.2 Å². The summed E-state index contributed by atoms with van der Waals surface area (Å²) in [6.45, 7) is 0.475. The second-order valence-electron chi connectivity index (χ2n) is 5.73. The average molecular weight is 327 g/mol. The summed E-state index contributed by atoms with van der Waals surface area (Å²) in [5.41, 5.74) is 2.01. The van der Waals surface area contributed by atoms with Gasteiger partial charge >= 0.3 is 0 Å². The van der Waals surface area contributed by atoms with Crippen molar-refractivity contribution in [1.82, 2.24) is 14.7 Å². The van der Waals surface area contributed by atoms with Crippen molar-refractivity contribution < 1.29 is 9.53 Å². The number of carbonyl (C=O) groups is 1. The zero-order valence-corrected chi connectivity index (χ0v) is 13.5. The van der Waals surface area contributed by atoms with Gasteiger partial charge in [-0.05, 0) is 24.0 Å². The highest BCUT2D eigenvalue weighted by Crippen LogP contribution is 2.50. The van der Waals surface area contributed by atoms with Crippen LogP contribution in [-0.2, 0) is 11.3 Å². The van der Waals surface area contributed by atoms with E-state index in [0.29, 0.717) is 6.54 Å². The quantitative estimate of drug-likeness (QED) is 0.784. The van der Waals surface area contributed by atoms with Gasteiger partial charge in [0, 0.05) is 23.7 Å². The molecule has 0 radical (unpaired) electrons. The van der Waals surface area contributed by atoms with Gasteiger partial charge in [0.15, 0.2) is 4.96 Å². The number of nitrogens with one attached hydrogen (secondary N) is 1. The molecule has 0 saturated heterocycles. The first-order chi connectivity index (χ1) is 11.3. The predicted molar refractivity (Wildman–Crippen MR) is 88.8 cm³/mol. The summed E-state index contributed by atoms with van der Waals surface area (Å²) in [7, 11) is 1.67. The number of benzene rings is 1. The summed E-state index contributed by atoms with van der Waals surface area (Å²) >= 11 is 1.59. The van der Waals surface area contributed by atoms with Crippen molar-refractivity contribution in [2.45, 2.75) is 18.9 Å². The largest absolute Gasteiger partial charge is 0.496 e. The van der Waals surface area contributed by atoms with Crippen molar-refractivity contribution in [3.8, 4) is 5.75 Å². The third-order valence-corrected chi connectivity index (χ3v) is 5.02. The van der Waals surface area contributed by atoms with Crippen molar-refractivity contribution in [2.24, 2.45) is 5.92 Å². The van der Waals surface area contributed by atoms with Gasteiger partial charge in [-0.2, -0.15) is 0 Å². The molecule has 23 heavy (non-hydrogen) atoms. The van der Waals surface area contributed by atoms with Gasteiger partial charge in [-0.25, -0.2) is 4.98 Å². The molecular formula is C17H17N3O2S. The Morgan fingerprint density at radius 1 is 1.48 bits per heavy atom. The van der Waals surface area contributed by atoms with Crippen molar-refractivity contribution in [3.05, 3.63) is 53.3 Å². The minimum absolute atomic E-state index is 0.0371. The highest BCUT2D eigenvalue weighted by Gasteiger charge is 2.45. The van der Waals surface area contributed by atoms with Gasteiger partial charge in [-0.1, -0.05) is 18.2 Å². The van der Waals surface area contributed by atoms with Crippen LogP contribution < -0.4 is 10.1 Å². The maximum atomic E-state index is 12.3. The number of hydrogen-bond acceptors (Lipinski definition) is 4. The predicted octanol–water partition coefficient (Wildman–Crippen LogP) is 2.82. The zero-order valence-electron chi connectivity index (χ0n) is 12.7. The van der Waals surface area contributed by atoms with E-state index >= 15 is 0 Å². The summed E-state index contributed by atoms with van der Waals surface area (Å²) in [5.74, 6) is 1.26. The smallest absolute Gasteiger partial charge is 0.224 e. The van der Waals surface area contributed by atoms with Gasteiger partial charge in [-0.3, -0.25) is 9.20 Å². The number of para-hydroxylation sites is 1. The Morgan fingerprint density at radius 3 is 3.17 bits per heavy atom. The number of amides is 1. The SMILES string of the molecule is COc1ccccc1[C@@H]1C[C@@H]1C(=O)NCc1cn2ccsc2n1. The minimum atomic E-state index is 0.0371. The molecule has 6 heteroatoms. The van der Waals surface area contributed by atoms with Crippen LogP contribution in [0.4, 0.5) is 0 Å². The maximum Gasteiger partial charge on any atom is 0.224 e. The first-order valence-corrected chi connectivity index (χ1v) is 8.46. The van der Waals surface area contributed by atoms with Crippen LogP contribution in [0, 0.1) is 5.92 Å². The van der Waals surface area contributed by atoms with E-state index in [4.69, 9.17) is 4.74 Å². The molecule has 1 N–H and O–H groups in total. The van der Waals surface area contributed by atoms with E-state index in [1.807, 2.05) is 46.4 Å². The van der Waals surface area contributed by atoms with Crippen LogP contribution in [-0.4, -0.2) is 22.4 Å². The molecule has 1 saturated carbocycles. The van der Waals surface area contributed by atoms with Gasteiger partial charge in [0.1, 0.15) is 5.75 Å². The van der Waals surface area contributed by atoms with E-state index in [2.05, 4.69) is 10.3 Å². The van der Waals surface area contributed by atoms with E-state index in [1.165, 1.54) is 0 Å². The Bertz CT molecular complexity index is 826. The van der Waals surface area contributed by atoms with Crippen molar-refractivity contribution in [2.75, 3.05) is 7.11 Å². The van der Waals surface area contributed by atoms with Crippen molar-refractivity contribution in [1.29, 1.82) is 0 Å². The van der Waals surface area contributed by atoms with Crippen LogP contribution in [0.5, 0.6) is 5.75 Å². The lowest BCUT2D eigenvalue weighted by Crippen LogP contribution is -2.25. The second kappa shape index (κ2) is 5.70. The minimum Gasteiger partial charge on any atom is -0.496 e. The lowest BCUT2D eigenvalue weighted by atomic mass is 10.1. The summed E-state index contributed by atoms with van der Waals surface area (Å²) in [5, 5.41) is 4.99. The Morgan fingerprint density at radius 2 is 2.35 bits per heavy atom. The molecular weight excluding hydrogens is 310 g/mol. The number of fused-ring (bicyclic) bond motifs is 1. The highest BCUT2D eigenvalue weighted by molar-refractivity contribution is 7.15. The number of hydrogen-bond donors (Lipinski definition) is 1. The fourth-order valence-electron chi connectivity index (χ4n) is 2.97. The molecule has 2 atom stereocenters. The van der Waals surface area contributed by atoms with E-state index in [9.17, 15) is 4.79 Å². The number of imidazole rings is 1. The molecule has 4 rings (SSSR count). The third kappa shape index (κ3) is 2.70. The Kier molecular flexibility index (Phi) is 3.53. The Labute approximate surface area is 137 Å². The van der Waals surface area contributed by atoms with E-state index in [0.717, 1.165) is 28.4 Å². The summed E-state index contributed by atoms with van der Waals surface area (Å²) in [4.78, 5) is 17.8. The van der Waals surface area contributed by atoms with Crippen LogP contribution in [0.15, 0.2) is 42.0 Å². The van der Waals surface area contributed by atoms with Gasteiger partial charge < -0.3 is 10.1 Å². The van der Waals surface area contributed by atoms with Gasteiger partial charge in [0.2, 0.25) is 5.91 Å². The standard InChI is InChI=1S/C17H17N3O2S/c1-22-15-5-3-2-4-12(15)13-8-14(13)16(21)18-9-11-10-20-6-7-23-17(20)19-11/h2-7,10,13-14H,8-9H2,1H3,(H,18,21)/t13-,14-/m0/s1. The van der Waals surface area contributed by atoms with Crippen LogP contribution in [0.25, 0.3) is 4.96 Å². The molecule has 5 nitrogen and oxygen atoms in total. The molecule has 0 aliphatic heterocycles. The lowest BCUT2D eigenvalue weighted by Gasteiger charge is -2.07. The molecule has 1 aliphatic rings. The topological polar surface area (TPSA) is 55.6 Å². The number of nitrogens with zero attached hydrogens (tertiary/aromatic N) is 2. The molecule has 0 unspecified atom stereocenters. The summed E-state index contributed by atoms with van der Waals surface area (Å²) in [6, 6.07) is 7.92.